The molecule has 0 aromatic carbocycles. The Morgan fingerprint density at radius 3 is 2.30 bits per heavy atom. The highest BCUT2D eigenvalue weighted by molar-refractivity contribution is 5.31. The Labute approximate surface area is 124 Å². The van der Waals surface area contributed by atoms with Gasteiger partial charge < -0.3 is 0 Å². The summed E-state index contributed by atoms with van der Waals surface area (Å²) >= 11 is 0. The molecule has 0 amide bonds. The molecule has 2 nitrogen and oxygen atoms in total. The van der Waals surface area contributed by atoms with E-state index in [4.69, 9.17) is 9.97 Å². The molecule has 0 saturated carbocycles. The summed E-state index contributed by atoms with van der Waals surface area (Å²) in [6, 6.07) is 0. The largest absolute Gasteiger partial charge is 0.238 e. The first kappa shape index (κ1) is 15.5. The van der Waals surface area contributed by atoms with Crippen LogP contribution in [0.2, 0.25) is 0 Å². The quantitative estimate of drug-likeness (QED) is 0.746. The van der Waals surface area contributed by atoms with Crippen LogP contribution in [0.4, 0.5) is 0 Å². The van der Waals surface area contributed by atoms with Crippen molar-refractivity contribution in [1.82, 2.24) is 9.97 Å². The molecule has 2 heteroatoms. The molecule has 1 atom stereocenters. The van der Waals surface area contributed by atoms with Gasteiger partial charge in [-0.05, 0) is 37.2 Å². The number of aryl methyl sites for hydroxylation is 2. The fourth-order valence-electron chi connectivity index (χ4n) is 3.22. The van der Waals surface area contributed by atoms with E-state index in [1.54, 1.807) is 0 Å². The van der Waals surface area contributed by atoms with E-state index in [0.29, 0.717) is 0 Å². The van der Waals surface area contributed by atoms with Crippen LogP contribution in [-0.4, -0.2) is 9.97 Å². The highest BCUT2D eigenvalue weighted by Gasteiger charge is 2.24. The molecule has 1 aliphatic rings. The summed E-state index contributed by atoms with van der Waals surface area (Å²) in [7, 11) is 0. The van der Waals surface area contributed by atoms with E-state index in [9.17, 15) is 0 Å². The van der Waals surface area contributed by atoms with Gasteiger partial charge >= 0.3 is 0 Å². The maximum Gasteiger partial charge on any atom is 0.128 e. The molecular formula is C18H30N2. The van der Waals surface area contributed by atoms with Crippen molar-refractivity contribution in [1.29, 1.82) is 0 Å². The average molecular weight is 274 g/mol. The number of aromatic nitrogens is 2. The molecule has 0 spiro atoms. The zero-order valence-corrected chi connectivity index (χ0v) is 13.9. The van der Waals surface area contributed by atoms with E-state index in [0.717, 1.165) is 31.0 Å². The van der Waals surface area contributed by atoms with Crippen LogP contribution in [0.3, 0.4) is 0 Å². The Morgan fingerprint density at radius 2 is 1.70 bits per heavy atom. The lowest BCUT2D eigenvalue weighted by Gasteiger charge is -2.24. The minimum absolute atomic E-state index is 0.122. The number of hydrogen-bond donors (Lipinski definition) is 0. The number of nitrogens with zero attached hydrogens (tertiary/aromatic N) is 2. The monoisotopic (exact) mass is 274 g/mol. The van der Waals surface area contributed by atoms with E-state index in [2.05, 4.69) is 34.6 Å². The molecule has 20 heavy (non-hydrogen) atoms. The lowest BCUT2D eigenvalue weighted by Crippen LogP contribution is -2.21. The fourth-order valence-corrected chi connectivity index (χ4v) is 3.22. The topological polar surface area (TPSA) is 25.8 Å². The Kier molecular flexibility index (Phi) is 4.82. The Balaban J connectivity index is 2.45. The van der Waals surface area contributed by atoms with Crippen molar-refractivity contribution in [3.05, 3.63) is 22.8 Å². The number of hydrogen-bond acceptors (Lipinski definition) is 2. The SMILES string of the molecule is CCc1nc2c(c(C(C)(C)C)n1)CCCC(C)CCC2. The molecule has 1 heterocycles. The predicted octanol–water partition coefficient (Wildman–Crippen LogP) is 4.63. The Hall–Kier alpha value is -0.920. The summed E-state index contributed by atoms with van der Waals surface area (Å²) in [5, 5.41) is 0. The van der Waals surface area contributed by atoms with Gasteiger partial charge in [0.1, 0.15) is 5.82 Å². The summed E-state index contributed by atoms with van der Waals surface area (Å²) in [5.41, 5.74) is 4.23. The van der Waals surface area contributed by atoms with Gasteiger partial charge in [-0.1, -0.05) is 47.5 Å². The summed E-state index contributed by atoms with van der Waals surface area (Å²) < 4.78 is 0. The van der Waals surface area contributed by atoms with Gasteiger partial charge in [-0.3, -0.25) is 0 Å². The van der Waals surface area contributed by atoms with E-state index in [1.165, 1.54) is 42.6 Å². The Morgan fingerprint density at radius 1 is 1.05 bits per heavy atom. The van der Waals surface area contributed by atoms with Gasteiger partial charge in [0, 0.05) is 17.5 Å². The third-order valence-corrected chi connectivity index (χ3v) is 4.40. The summed E-state index contributed by atoms with van der Waals surface area (Å²) in [6.07, 6.45) is 8.49. The van der Waals surface area contributed by atoms with Gasteiger partial charge in [-0.25, -0.2) is 9.97 Å². The summed E-state index contributed by atoms with van der Waals surface area (Å²) in [4.78, 5) is 9.75. The molecule has 1 aromatic heterocycles. The van der Waals surface area contributed by atoms with Crippen LogP contribution in [0.15, 0.2) is 0 Å². The number of rotatable bonds is 1. The molecule has 0 N–H and O–H groups in total. The Bertz CT molecular complexity index is 457. The minimum Gasteiger partial charge on any atom is -0.238 e. The van der Waals surface area contributed by atoms with Crippen LogP contribution in [0, 0.1) is 5.92 Å². The molecule has 2 rings (SSSR count). The van der Waals surface area contributed by atoms with Crippen LogP contribution in [-0.2, 0) is 24.7 Å². The lowest BCUT2D eigenvalue weighted by atomic mass is 9.85. The standard InChI is InChI=1S/C18H30N2/c1-6-16-19-15-12-8-10-13(2)9-7-11-14(15)17(20-16)18(3,4)5/h13H,6-12H2,1-5H3. The predicted molar refractivity (Wildman–Crippen MR) is 85.2 cm³/mol. The average Bonchev–Trinajstić information content (AvgIpc) is 2.46. The molecule has 112 valence electrons. The minimum atomic E-state index is 0.122. The van der Waals surface area contributed by atoms with Crippen molar-refractivity contribution in [3.8, 4) is 0 Å². The third-order valence-electron chi connectivity index (χ3n) is 4.40. The second kappa shape index (κ2) is 6.24. The highest BCUT2D eigenvalue weighted by atomic mass is 14.9. The van der Waals surface area contributed by atoms with E-state index in [1.807, 2.05) is 0 Å². The third kappa shape index (κ3) is 3.59. The normalized spacial score (nSPS) is 20.8. The first-order valence-corrected chi connectivity index (χ1v) is 8.31. The van der Waals surface area contributed by atoms with E-state index in [-0.39, 0.29) is 5.41 Å². The van der Waals surface area contributed by atoms with Crippen molar-refractivity contribution in [2.24, 2.45) is 5.92 Å². The van der Waals surface area contributed by atoms with Crippen molar-refractivity contribution in [3.63, 3.8) is 0 Å². The second-order valence-corrected chi connectivity index (χ2v) is 7.41. The molecule has 0 bridgehead atoms. The second-order valence-electron chi connectivity index (χ2n) is 7.41. The smallest absolute Gasteiger partial charge is 0.128 e. The van der Waals surface area contributed by atoms with Crippen molar-refractivity contribution >= 4 is 0 Å². The molecule has 0 fully saturated rings. The van der Waals surface area contributed by atoms with E-state index >= 15 is 0 Å². The molecule has 0 aliphatic heterocycles. The summed E-state index contributed by atoms with van der Waals surface area (Å²) in [5.74, 6) is 1.89. The van der Waals surface area contributed by atoms with Gasteiger partial charge in [0.2, 0.25) is 0 Å². The van der Waals surface area contributed by atoms with E-state index < -0.39 is 0 Å². The molecule has 1 unspecified atom stereocenters. The van der Waals surface area contributed by atoms with Crippen molar-refractivity contribution in [2.75, 3.05) is 0 Å². The van der Waals surface area contributed by atoms with Gasteiger partial charge in [-0.15, -0.1) is 0 Å². The fraction of sp³-hybridized carbons (Fsp3) is 0.778. The van der Waals surface area contributed by atoms with Gasteiger partial charge in [0.05, 0.1) is 5.69 Å². The van der Waals surface area contributed by atoms with Crippen LogP contribution in [0.25, 0.3) is 0 Å². The van der Waals surface area contributed by atoms with Crippen LogP contribution >= 0.6 is 0 Å². The molecule has 1 aliphatic carbocycles. The molecule has 1 aromatic rings. The van der Waals surface area contributed by atoms with Crippen molar-refractivity contribution in [2.45, 2.75) is 85.0 Å². The molecule has 0 saturated heterocycles. The van der Waals surface area contributed by atoms with Crippen molar-refractivity contribution < 1.29 is 0 Å². The first-order valence-electron chi connectivity index (χ1n) is 8.31. The zero-order chi connectivity index (χ0) is 14.8. The van der Waals surface area contributed by atoms with Crippen LogP contribution in [0.1, 0.15) is 83.1 Å². The highest BCUT2D eigenvalue weighted by Crippen LogP contribution is 2.30. The number of fused-ring (bicyclic) bond motifs is 1. The van der Waals surface area contributed by atoms with Gasteiger partial charge in [0.25, 0.3) is 0 Å². The van der Waals surface area contributed by atoms with Crippen LogP contribution < -0.4 is 0 Å². The first-order chi connectivity index (χ1) is 9.41. The zero-order valence-electron chi connectivity index (χ0n) is 13.9. The van der Waals surface area contributed by atoms with Gasteiger partial charge in [-0.2, -0.15) is 0 Å². The maximum absolute atomic E-state index is 4.89. The van der Waals surface area contributed by atoms with Crippen LogP contribution in [0.5, 0.6) is 0 Å². The molecular weight excluding hydrogens is 244 g/mol. The van der Waals surface area contributed by atoms with Gasteiger partial charge in [0.15, 0.2) is 0 Å². The lowest BCUT2D eigenvalue weighted by molar-refractivity contribution is 0.466. The summed E-state index contributed by atoms with van der Waals surface area (Å²) in [6.45, 7) is 11.4. The maximum atomic E-state index is 4.89. The molecule has 0 radical (unpaired) electrons.